The van der Waals surface area contributed by atoms with E-state index in [1.54, 1.807) is 35.7 Å². The predicted molar refractivity (Wildman–Crippen MR) is 280 cm³/mol. The molecule has 0 radical (unpaired) electrons. The summed E-state index contributed by atoms with van der Waals surface area (Å²) in [6.07, 6.45) is 36.7. The zero-order chi connectivity index (χ0) is 46.9. The fourth-order valence-electron chi connectivity index (χ4n) is 8.34. The number of benzene rings is 2. The molecule has 0 saturated carbocycles. The van der Waals surface area contributed by atoms with Gasteiger partial charge < -0.3 is 23.6 Å². The van der Waals surface area contributed by atoms with E-state index in [-0.39, 0.29) is 11.2 Å². The molecule has 0 aliphatic carbocycles. The van der Waals surface area contributed by atoms with Crippen LogP contribution in [0.4, 0.5) is 0 Å². The number of quaternary nitrogens is 1. The van der Waals surface area contributed by atoms with Gasteiger partial charge in [0.25, 0.3) is 0 Å². The van der Waals surface area contributed by atoms with Gasteiger partial charge in [-0.25, -0.2) is 4.57 Å². The van der Waals surface area contributed by atoms with E-state index >= 15 is 0 Å². The number of phosphoric ester groups is 1. The lowest BCUT2D eigenvalue weighted by Crippen LogP contribution is -2.37. The van der Waals surface area contributed by atoms with Crippen LogP contribution in [0.25, 0.3) is 0 Å². The molecule has 2 N–H and O–H groups in total. The second kappa shape index (κ2) is 35.7. The van der Waals surface area contributed by atoms with Crippen LogP contribution in [0.5, 0.6) is 17.2 Å². The second-order valence-corrected chi connectivity index (χ2v) is 23.8. The maximum atomic E-state index is 12.5. The number of unbranched alkanes of at least 4 members (excludes halogenated alkanes) is 26. The highest BCUT2D eigenvalue weighted by atomic mass is 32.2. The van der Waals surface area contributed by atoms with Gasteiger partial charge in [-0.05, 0) is 48.2 Å². The smallest absolute Gasteiger partial charge is 0.490 e. The number of phosphoric acid groups is 1. The van der Waals surface area contributed by atoms with Crippen LogP contribution < -0.4 is 14.0 Å². The number of aliphatic hydroxyl groups excluding tert-OH is 1. The molecular formula is C54H95NO7PS2+. The van der Waals surface area contributed by atoms with Crippen molar-refractivity contribution in [3.05, 3.63) is 53.6 Å². The predicted octanol–water partition coefficient (Wildman–Crippen LogP) is 16.2. The standard InChI is InChI=1S/C54H94NO7PS2/c1-6-8-10-12-14-16-18-20-22-24-26-28-30-32-41-59-51-39-36-48(44-52(51)60-42-33-31-29-27-25-23-21-19-17-15-13-11-9-7-2)53(56)54-64-45-49(46-65-54)47-34-37-50(38-35-47)62-63(57,58)61-43-40-55(3,4)5/h34-39,44,49,53-54,56H,6-33,40-43,45-46H2,1-5H3/p+1. The second-order valence-electron chi connectivity index (χ2n) is 19.7. The third-order valence-corrected chi connectivity index (χ3v) is 16.7. The summed E-state index contributed by atoms with van der Waals surface area (Å²) >= 11 is 3.56. The van der Waals surface area contributed by atoms with Crippen molar-refractivity contribution in [2.24, 2.45) is 0 Å². The number of aliphatic hydroxyl groups is 1. The highest BCUT2D eigenvalue weighted by Crippen LogP contribution is 2.47. The van der Waals surface area contributed by atoms with Gasteiger partial charge in [-0.1, -0.05) is 199 Å². The van der Waals surface area contributed by atoms with Crippen LogP contribution in [0.1, 0.15) is 217 Å². The van der Waals surface area contributed by atoms with Crippen molar-refractivity contribution in [3.63, 3.8) is 0 Å². The molecule has 11 heteroatoms. The molecule has 374 valence electrons. The first kappa shape index (κ1) is 57.9. The summed E-state index contributed by atoms with van der Waals surface area (Å²) in [6.45, 7) is 6.63. The number of thioether (sulfide) groups is 2. The summed E-state index contributed by atoms with van der Waals surface area (Å²) in [7, 11) is 1.79. The Bertz CT molecular complexity index is 1500. The Labute approximate surface area is 407 Å². The van der Waals surface area contributed by atoms with E-state index in [1.807, 2.05) is 51.5 Å². The van der Waals surface area contributed by atoms with Gasteiger partial charge in [0.15, 0.2) is 11.5 Å². The zero-order valence-corrected chi connectivity index (χ0v) is 44.5. The van der Waals surface area contributed by atoms with Gasteiger partial charge in [0.05, 0.1) is 38.9 Å². The number of ether oxygens (including phenoxy) is 2. The molecule has 0 bridgehead atoms. The topological polar surface area (TPSA) is 94.5 Å². The Morgan fingerprint density at radius 3 is 1.43 bits per heavy atom. The lowest BCUT2D eigenvalue weighted by Gasteiger charge is -2.31. The van der Waals surface area contributed by atoms with Gasteiger partial charge in [-0.2, -0.15) is 0 Å². The van der Waals surface area contributed by atoms with Gasteiger partial charge in [0.2, 0.25) is 0 Å². The molecule has 2 aromatic carbocycles. The quantitative estimate of drug-likeness (QED) is 0.0384. The monoisotopic (exact) mass is 965 g/mol. The Morgan fingerprint density at radius 2 is 1.00 bits per heavy atom. The van der Waals surface area contributed by atoms with E-state index in [2.05, 4.69) is 13.8 Å². The molecule has 1 fully saturated rings. The molecule has 0 spiro atoms. The molecule has 2 aromatic rings. The molecule has 2 unspecified atom stereocenters. The maximum Gasteiger partial charge on any atom is 0.527 e. The third kappa shape index (κ3) is 28.0. The first-order valence-electron chi connectivity index (χ1n) is 26.4. The van der Waals surface area contributed by atoms with Crippen molar-refractivity contribution in [2.75, 3.05) is 59.0 Å². The van der Waals surface area contributed by atoms with Gasteiger partial charge in [-0.15, -0.1) is 23.5 Å². The maximum absolute atomic E-state index is 12.5. The van der Waals surface area contributed by atoms with Crippen molar-refractivity contribution in [2.45, 2.75) is 210 Å². The van der Waals surface area contributed by atoms with Gasteiger partial charge in [0.1, 0.15) is 25.0 Å². The van der Waals surface area contributed by atoms with Gasteiger partial charge in [-0.3, -0.25) is 9.42 Å². The van der Waals surface area contributed by atoms with Crippen molar-refractivity contribution in [3.8, 4) is 17.2 Å². The molecule has 1 aliphatic rings. The van der Waals surface area contributed by atoms with Crippen molar-refractivity contribution in [1.82, 2.24) is 0 Å². The highest BCUT2D eigenvalue weighted by molar-refractivity contribution is 8.17. The van der Waals surface area contributed by atoms with Crippen LogP contribution in [-0.4, -0.2) is 78.1 Å². The number of hydrogen-bond donors (Lipinski definition) is 2. The summed E-state index contributed by atoms with van der Waals surface area (Å²) in [5.74, 6) is 3.86. The minimum atomic E-state index is -4.21. The fourth-order valence-corrected chi connectivity index (χ4v) is 12.2. The molecule has 65 heavy (non-hydrogen) atoms. The molecule has 3 rings (SSSR count). The van der Waals surface area contributed by atoms with Gasteiger partial charge >= 0.3 is 7.82 Å². The van der Waals surface area contributed by atoms with Crippen LogP contribution in [0, 0.1) is 0 Å². The van der Waals surface area contributed by atoms with Crippen LogP contribution in [0.15, 0.2) is 42.5 Å². The molecule has 0 amide bonds. The molecule has 0 aromatic heterocycles. The zero-order valence-electron chi connectivity index (χ0n) is 42.0. The van der Waals surface area contributed by atoms with E-state index < -0.39 is 13.9 Å². The number of hydrogen-bond acceptors (Lipinski definition) is 8. The Balaban J connectivity index is 1.43. The van der Waals surface area contributed by atoms with E-state index in [1.165, 1.54) is 167 Å². The average molecular weight is 965 g/mol. The van der Waals surface area contributed by atoms with E-state index in [0.717, 1.165) is 47.0 Å². The van der Waals surface area contributed by atoms with Crippen LogP contribution >= 0.6 is 31.3 Å². The van der Waals surface area contributed by atoms with Crippen LogP contribution in [-0.2, 0) is 9.09 Å². The van der Waals surface area contributed by atoms with Crippen molar-refractivity contribution >= 4 is 31.3 Å². The molecule has 8 nitrogen and oxygen atoms in total. The van der Waals surface area contributed by atoms with Crippen LogP contribution in [0.3, 0.4) is 0 Å². The fraction of sp³-hybridized carbons (Fsp3) is 0.778. The number of likely N-dealkylation sites (N-methyl/N-ethyl adjacent to an activating group) is 1. The summed E-state index contributed by atoms with van der Waals surface area (Å²) in [4.78, 5) is 10.2. The minimum absolute atomic E-state index is 0.000965. The number of nitrogens with zero attached hydrogens (tertiary/aromatic N) is 1. The van der Waals surface area contributed by atoms with E-state index in [4.69, 9.17) is 18.5 Å². The van der Waals surface area contributed by atoms with E-state index in [9.17, 15) is 14.6 Å². The van der Waals surface area contributed by atoms with Crippen molar-refractivity contribution < 1.29 is 37.6 Å². The summed E-state index contributed by atoms with van der Waals surface area (Å²) in [5.41, 5.74) is 2.01. The Hall–Kier alpha value is -1.39. The van der Waals surface area contributed by atoms with Crippen LogP contribution in [0.2, 0.25) is 0 Å². The first-order chi connectivity index (χ1) is 31.5. The molecule has 1 heterocycles. The van der Waals surface area contributed by atoms with Gasteiger partial charge in [0, 0.05) is 17.4 Å². The summed E-state index contributed by atoms with van der Waals surface area (Å²) in [6, 6.07) is 13.4. The summed E-state index contributed by atoms with van der Waals surface area (Å²) in [5, 5.41) is 11.7. The third-order valence-electron chi connectivity index (χ3n) is 12.6. The highest BCUT2D eigenvalue weighted by Gasteiger charge is 2.30. The Kier molecular flexibility index (Phi) is 31.8. The number of rotatable bonds is 41. The Morgan fingerprint density at radius 1 is 0.585 bits per heavy atom. The lowest BCUT2D eigenvalue weighted by molar-refractivity contribution is -0.870. The van der Waals surface area contributed by atoms with E-state index in [0.29, 0.717) is 35.9 Å². The normalized spacial score (nSPS) is 16.9. The summed E-state index contributed by atoms with van der Waals surface area (Å²) < 4.78 is 36.4. The molecule has 2 atom stereocenters. The molecule has 1 aliphatic heterocycles. The van der Waals surface area contributed by atoms with Crippen molar-refractivity contribution in [1.29, 1.82) is 0 Å². The first-order valence-corrected chi connectivity index (χ1v) is 30.0. The average Bonchev–Trinajstić information content (AvgIpc) is 3.28. The molecular weight excluding hydrogens is 870 g/mol. The minimum Gasteiger partial charge on any atom is -0.490 e. The lowest BCUT2D eigenvalue weighted by atomic mass is 10.0. The SMILES string of the molecule is CCCCCCCCCCCCCCCCOc1ccc(C(O)C2SCC(c3ccc(OP(=O)(O)OCC[N+](C)(C)C)cc3)CS2)cc1OCCCCCCCCCCCCCCCC. The molecule has 1 saturated heterocycles. The largest absolute Gasteiger partial charge is 0.527 e.